The molecule has 0 unspecified atom stereocenters. The fourth-order valence-corrected chi connectivity index (χ4v) is 1.51. The highest BCUT2D eigenvalue weighted by atomic mass is 16.4. The number of aliphatic carboxylic acids is 1. The van der Waals surface area contributed by atoms with Crippen molar-refractivity contribution in [1.29, 1.82) is 0 Å². The van der Waals surface area contributed by atoms with Crippen molar-refractivity contribution >= 4 is 11.9 Å². The van der Waals surface area contributed by atoms with Gasteiger partial charge in [-0.15, -0.1) is 0 Å². The van der Waals surface area contributed by atoms with E-state index < -0.39 is 5.97 Å². The molecule has 0 spiro atoms. The summed E-state index contributed by atoms with van der Waals surface area (Å²) in [6, 6.07) is 1.55. The van der Waals surface area contributed by atoms with Crippen LogP contribution in [0.1, 0.15) is 37.0 Å². The first-order valence-corrected chi connectivity index (χ1v) is 5.59. The minimum absolute atomic E-state index is 0.0169. The lowest BCUT2D eigenvalue weighted by atomic mass is 10.1. The van der Waals surface area contributed by atoms with Crippen LogP contribution in [0, 0.1) is 0 Å². The summed E-state index contributed by atoms with van der Waals surface area (Å²) in [5.41, 5.74) is 0.434. The van der Waals surface area contributed by atoms with E-state index in [1.165, 1.54) is 17.4 Å². The van der Waals surface area contributed by atoms with Crippen molar-refractivity contribution < 1.29 is 19.1 Å². The Kier molecular flexibility index (Phi) is 4.75. The largest absolute Gasteiger partial charge is 0.550 e. The van der Waals surface area contributed by atoms with Gasteiger partial charge in [0, 0.05) is 25.0 Å². The Morgan fingerprint density at radius 3 is 2.71 bits per heavy atom. The highest BCUT2D eigenvalue weighted by Gasteiger charge is 2.20. The van der Waals surface area contributed by atoms with Crippen LogP contribution in [0.5, 0.6) is 0 Å². The number of rotatable bonds is 6. The van der Waals surface area contributed by atoms with Gasteiger partial charge in [0.1, 0.15) is 6.26 Å². The third kappa shape index (κ3) is 3.62. The molecule has 1 amide bonds. The highest BCUT2D eigenvalue weighted by Crippen LogP contribution is 2.11. The molecule has 0 N–H and O–H groups in total. The summed E-state index contributed by atoms with van der Waals surface area (Å²) in [4.78, 5) is 24.1. The van der Waals surface area contributed by atoms with Crippen molar-refractivity contribution in [2.75, 3.05) is 6.54 Å². The van der Waals surface area contributed by atoms with Gasteiger partial charge in [-0.05, 0) is 19.4 Å². The number of carbonyl (C=O) groups excluding carboxylic acids is 2. The van der Waals surface area contributed by atoms with Crippen LogP contribution in [0.2, 0.25) is 0 Å². The Morgan fingerprint density at radius 2 is 2.24 bits per heavy atom. The van der Waals surface area contributed by atoms with Crippen LogP contribution in [-0.4, -0.2) is 29.4 Å². The van der Waals surface area contributed by atoms with Gasteiger partial charge in [0.25, 0.3) is 5.91 Å². The second-order valence-electron chi connectivity index (χ2n) is 3.89. The van der Waals surface area contributed by atoms with Crippen molar-refractivity contribution in [3.05, 3.63) is 24.2 Å². The molecule has 1 aromatic rings. The predicted octanol–water partition coefficient (Wildman–Crippen LogP) is 0.660. The summed E-state index contributed by atoms with van der Waals surface area (Å²) in [6.45, 7) is 3.98. The molecule has 0 fully saturated rings. The SMILES string of the molecule is CC[C@H](C)N(CCC(=O)[O-])C(=O)c1ccoc1. The van der Waals surface area contributed by atoms with Crippen LogP contribution in [-0.2, 0) is 4.79 Å². The first kappa shape index (κ1) is 13.3. The third-order valence-corrected chi connectivity index (χ3v) is 2.71. The molecule has 1 heterocycles. The van der Waals surface area contributed by atoms with E-state index in [1.807, 2.05) is 13.8 Å². The van der Waals surface area contributed by atoms with Gasteiger partial charge >= 0.3 is 0 Å². The second-order valence-corrected chi connectivity index (χ2v) is 3.89. The van der Waals surface area contributed by atoms with E-state index in [1.54, 1.807) is 6.07 Å². The molecule has 5 heteroatoms. The van der Waals surface area contributed by atoms with Crippen LogP contribution < -0.4 is 5.11 Å². The zero-order valence-corrected chi connectivity index (χ0v) is 10.0. The zero-order chi connectivity index (χ0) is 12.8. The molecule has 5 nitrogen and oxygen atoms in total. The van der Waals surface area contributed by atoms with Crippen LogP contribution in [0.15, 0.2) is 23.0 Å². The van der Waals surface area contributed by atoms with Crippen molar-refractivity contribution in [3.8, 4) is 0 Å². The quantitative estimate of drug-likeness (QED) is 0.729. The van der Waals surface area contributed by atoms with E-state index in [0.717, 1.165) is 6.42 Å². The zero-order valence-electron chi connectivity index (χ0n) is 10.0. The molecule has 1 rings (SSSR count). The van der Waals surface area contributed by atoms with Crippen LogP contribution in [0.25, 0.3) is 0 Å². The predicted molar refractivity (Wildman–Crippen MR) is 59.1 cm³/mol. The average molecular weight is 238 g/mol. The number of carbonyl (C=O) groups is 2. The number of hydrogen-bond acceptors (Lipinski definition) is 4. The van der Waals surface area contributed by atoms with Crippen LogP contribution in [0.3, 0.4) is 0 Å². The minimum Gasteiger partial charge on any atom is -0.550 e. The lowest BCUT2D eigenvalue weighted by Crippen LogP contribution is -2.41. The van der Waals surface area contributed by atoms with E-state index in [9.17, 15) is 14.7 Å². The van der Waals surface area contributed by atoms with E-state index in [2.05, 4.69) is 0 Å². The summed E-state index contributed by atoms with van der Waals surface area (Å²) in [6.07, 6.45) is 3.38. The van der Waals surface area contributed by atoms with Gasteiger partial charge in [0.2, 0.25) is 0 Å². The number of hydrogen-bond donors (Lipinski definition) is 0. The summed E-state index contributed by atoms with van der Waals surface area (Å²) in [5.74, 6) is -1.37. The molecule has 0 aliphatic heterocycles. The maximum atomic E-state index is 12.1. The Hall–Kier alpha value is -1.78. The molecule has 0 bridgehead atoms. The van der Waals surface area contributed by atoms with Gasteiger partial charge in [-0.1, -0.05) is 6.92 Å². The van der Waals surface area contributed by atoms with Crippen molar-refractivity contribution in [3.63, 3.8) is 0 Å². The number of amides is 1. The first-order valence-electron chi connectivity index (χ1n) is 5.59. The molecule has 0 aliphatic rings. The topological polar surface area (TPSA) is 73.6 Å². The Labute approximate surface area is 100 Å². The fraction of sp³-hybridized carbons (Fsp3) is 0.500. The molecule has 0 saturated carbocycles. The standard InChI is InChI=1S/C12H17NO4/c1-3-9(2)13(6-4-11(14)15)12(16)10-5-7-17-8-10/h5,7-9H,3-4,6H2,1-2H3,(H,14,15)/p-1/t9-/m0/s1. The molecular formula is C12H16NO4-. The molecule has 0 radical (unpaired) electrons. The van der Waals surface area contributed by atoms with E-state index in [0.29, 0.717) is 5.56 Å². The minimum atomic E-state index is -1.15. The molecule has 17 heavy (non-hydrogen) atoms. The molecule has 0 aliphatic carbocycles. The average Bonchev–Trinajstić information content (AvgIpc) is 2.81. The monoisotopic (exact) mass is 238 g/mol. The normalized spacial score (nSPS) is 12.1. The fourth-order valence-electron chi connectivity index (χ4n) is 1.51. The molecule has 0 aromatic carbocycles. The van der Waals surface area contributed by atoms with Crippen molar-refractivity contribution in [2.45, 2.75) is 32.7 Å². The van der Waals surface area contributed by atoms with Gasteiger partial charge in [-0.25, -0.2) is 0 Å². The number of carboxylic acids is 1. The van der Waals surface area contributed by atoms with Gasteiger partial charge in [-0.3, -0.25) is 4.79 Å². The maximum absolute atomic E-state index is 12.1. The lowest BCUT2D eigenvalue weighted by Gasteiger charge is -2.28. The first-order chi connectivity index (χ1) is 8.06. The number of nitrogens with zero attached hydrogens (tertiary/aromatic N) is 1. The summed E-state index contributed by atoms with van der Waals surface area (Å²) < 4.78 is 4.85. The van der Waals surface area contributed by atoms with E-state index >= 15 is 0 Å². The number of carboxylic acid groups (broad SMARTS) is 1. The molecule has 94 valence electrons. The molecule has 0 saturated heterocycles. The lowest BCUT2D eigenvalue weighted by molar-refractivity contribution is -0.305. The van der Waals surface area contributed by atoms with Gasteiger partial charge < -0.3 is 19.2 Å². The van der Waals surface area contributed by atoms with Crippen molar-refractivity contribution in [2.24, 2.45) is 0 Å². The summed E-state index contributed by atoms with van der Waals surface area (Å²) >= 11 is 0. The van der Waals surface area contributed by atoms with Crippen LogP contribution >= 0.6 is 0 Å². The molecule has 1 aromatic heterocycles. The molecular weight excluding hydrogens is 222 g/mol. The third-order valence-electron chi connectivity index (χ3n) is 2.71. The van der Waals surface area contributed by atoms with Gasteiger partial charge in [-0.2, -0.15) is 0 Å². The summed E-state index contributed by atoms with van der Waals surface area (Å²) in [7, 11) is 0. The second kappa shape index (κ2) is 6.08. The summed E-state index contributed by atoms with van der Waals surface area (Å²) in [5, 5.41) is 10.5. The maximum Gasteiger partial charge on any atom is 0.257 e. The van der Waals surface area contributed by atoms with Gasteiger partial charge in [0.05, 0.1) is 11.8 Å². The Morgan fingerprint density at radius 1 is 1.53 bits per heavy atom. The smallest absolute Gasteiger partial charge is 0.257 e. The van der Waals surface area contributed by atoms with E-state index in [4.69, 9.17) is 4.42 Å². The van der Waals surface area contributed by atoms with Crippen molar-refractivity contribution in [1.82, 2.24) is 4.90 Å². The number of furan rings is 1. The molecule has 1 atom stereocenters. The van der Waals surface area contributed by atoms with E-state index in [-0.39, 0.29) is 24.9 Å². The van der Waals surface area contributed by atoms with Gasteiger partial charge in [0.15, 0.2) is 0 Å². The Balaban J connectivity index is 2.75. The van der Waals surface area contributed by atoms with Crippen LogP contribution in [0.4, 0.5) is 0 Å². The highest BCUT2D eigenvalue weighted by molar-refractivity contribution is 5.94. The Bertz CT molecular complexity index is 372.